The Hall–Kier alpha value is -3.89. The van der Waals surface area contributed by atoms with Crippen molar-refractivity contribution in [1.82, 2.24) is 29.3 Å². The summed E-state index contributed by atoms with van der Waals surface area (Å²) in [5, 5.41) is 0.543. The molecular formula is C34H39ClN6O4. The quantitative estimate of drug-likeness (QED) is 0.220. The Balaban J connectivity index is 1.01. The van der Waals surface area contributed by atoms with Crippen molar-refractivity contribution < 1.29 is 19.0 Å². The van der Waals surface area contributed by atoms with Crippen LogP contribution in [-0.4, -0.2) is 85.9 Å². The van der Waals surface area contributed by atoms with Crippen molar-refractivity contribution in [2.75, 3.05) is 39.3 Å². The second kappa shape index (κ2) is 11.2. The minimum atomic E-state index is -0.470. The molecule has 0 N–H and O–H groups in total. The maximum Gasteiger partial charge on any atom is 0.410 e. The molecule has 1 spiro atoms. The van der Waals surface area contributed by atoms with Crippen LogP contribution in [0.4, 0.5) is 4.79 Å². The van der Waals surface area contributed by atoms with Gasteiger partial charge in [0, 0.05) is 43.7 Å². The fraction of sp³-hybridized carbons (Fsp3) is 0.471. The van der Waals surface area contributed by atoms with E-state index in [0.29, 0.717) is 46.8 Å². The van der Waals surface area contributed by atoms with Gasteiger partial charge in [-0.2, -0.15) is 4.98 Å². The molecule has 0 unspecified atom stereocenters. The van der Waals surface area contributed by atoms with Gasteiger partial charge in [0.05, 0.1) is 11.6 Å². The summed E-state index contributed by atoms with van der Waals surface area (Å²) in [7, 11) is 0. The van der Waals surface area contributed by atoms with E-state index < -0.39 is 5.60 Å². The Kier molecular flexibility index (Phi) is 7.40. The first-order valence-electron chi connectivity index (χ1n) is 15.6. The van der Waals surface area contributed by atoms with Crippen molar-refractivity contribution in [3.63, 3.8) is 0 Å². The molecule has 1 saturated carbocycles. The number of rotatable bonds is 9. The minimum absolute atomic E-state index is 0.193. The molecule has 7 rings (SSSR count). The number of carbonyl (C=O) groups excluding carboxylic acids is 1. The third-order valence-corrected chi connectivity index (χ3v) is 8.97. The number of ether oxygens (including phenoxy) is 3. The molecule has 4 aromatic rings. The minimum Gasteiger partial charge on any atom is -0.492 e. The first-order valence-corrected chi connectivity index (χ1v) is 15.9. The van der Waals surface area contributed by atoms with E-state index in [0.717, 1.165) is 56.7 Å². The second-order valence-corrected chi connectivity index (χ2v) is 14.4. The third-order valence-electron chi connectivity index (χ3n) is 8.66. The number of fused-ring (bicyclic) bond motifs is 1. The summed E-state index contributed by atoms with van der Waals surface area (Å²) in [5.41, 5.74) is 2.76. The van der Waals surface area contributed by atoms with Gasteiger partial charge in [-0.1, -0.05) is 41.9 Å². The van der Waals surface area contributed by atoms with Crippen LogP contribution >= 0.6 is 11.6 Å². The molecule has 1 aliphatic carbocycles. The molecule has 3 fully saturated rings. The maximum atomic E-state index is 12.3. The molecule has 2 aliphatic heterocycles. The number of halogens is 1. The number of likely N-dealkylation sites (tertiary alicyclic amines) is 2. The van der Waals surface area contributed by atoms with Crippen molar-refractivity contribution in [3.05, 3.63) is 65.4 Å². The monoisotopic (exact) mass is 630 g/mol. The van der Waals surface area contributed by atoms with E-state index in [4.69, 9.17) is 30.8 Å². The average Bonchev–Trinajstić information content (AvgIpc) is 3.56. The van der Waals surface area contributed by atoms with Crippen LogP contribution in [0.1, 0.15) is 46.1 Å². The second-order valence-electron chi connectivity index (χ2n) is 13.9. The zero-order chi connectivity index (χ0) is 31.4. The van der Waals surface area contributed by atoms with E-state index in [1.807, 2.05) is 57.2 Å². The van der Waals surface area contributed by atoms with Gasteiger partial charge >= 0.3 is 6.09 Å². The molecule has 236 valence electrons. The number of benzene rings is 2. The predicted molar refractivity (Wildman–Crippen MR) is 172 cm³/mol. The van der Waals surface area contributed by atoms with Gasteiger partial charge in [0.2, 0.25) is 5.88 Å². The zero-order valence-corrected chi connectivity index (χ0v) is 27.0. The molecule has 45 heavy (non-hydrogen) atoms. The van der Waals surface area contributed by atoms with Gasteiger partial charge in [0.25, 0.3) is 0 Å². The largest absolute Gasteiger partial charge is 0.492 e. The van der Waals surface area contributed by atoms with Gasteiger partial charge in [-0.15, -0.1) is 0 Å². The maximum absolute atomic E-state index is 12.3. The van der Waals surface area contributed by atoms with E-state index in [9.17, 15) is 4.79 Å². The summed E-state index contributed by atoms with van der Waals surface area (Å²) >= 11 is 6.89. The first kappa shape index (κ1) is 29.8. The van der Waals surface area contributed by atoms with Gasteiger partial charge < -0.3 is 23.7 Å². The fourth-order valence-electron chi connectivity index (χ4n) is 6.16. The lowest BCUT2D eigenvalue weighted by Gasteiger charge is -2.59. The SMILES string of the molecule is CC(C)(C)OC(=O)N1CC2(CN(CCOc3ccc(-c4nc5c(OC6(C)CC6)ncnc5n4Cc4ccccc4)c(Cl)c3)C2)C1. The molecular weight excluding hydrogens is 592 g/mol. The summed E-state index contributed by atoms with van der Waals surface area (Å²) in [6, 6.07) is 16.0. The molecule has 4 heterocycles. The van der Waals surface area contributed by atoms with Crippen molar-refractivity contribution in [2.24, 2.45) is 5.41 Å². The number of carbonyl (C=O) groups is 1. The van der Waals surface area contributed by atoms with Gasteiger partial charge in [-0.05, 0) is 64.3 Å². The number of nitrogens with zero attached hydrogens (tertiary/aromatic N) is 6. The molecule has 1 amide bonds. The summed E-state index contributed by atoms with van der Waals surface area (Å²) in [4.78, 5) is 30.5. The van der Waals surface area contributed by atoms with E-state index in [1.54, 1.807) is 4.90 Å². The normalized spacial score (nSPS) is 18.4. The van der Waals surface area contributed by atoms with Gasteiger partial charge in [0.1, 0.15) is 35.7 Å². The number of aromatic nitrogens is 4. The van der Waals surface area contributed by atoms with Crippen molar-refractivity contribution in [2.45, 2.75) is 58.3 Å². The highest BCUT2D eigenvalue weighted by atomic mass is 35.5. The lowest BCUT2D eigenvalue weighted by atomic mass is 9.73. The summed E-state index contributed by atoms with van der Waals surface area (Å²) in [6.45, 7) is 13.1. The van der Waals surface area contributed by atoms with Crippen LogP contribution in [0.2, 0.25) is 5.02 Å². The Morgan fingerprint density at radius 2 is 1.78 bits per heavy atom. The molecule has 2 saturated heterocycles. The highest BCUT2D eigenvalue weighted by molar-refractivity contribution is 6.33. The standard InChI is InChI=1S/C34H39ClN6O4/c1-32(2,3)45-31(42)40-20-34(21-40)18-39(19-34)14-15-43-24-10-11-25(26(35)16-24)28-38-27-29(41(28)17-23-8-6-5-7-9-23)36-22-37-30(27)44-33(4)12-13-33/h5-11,16,22H,12-15,17-21H2,1-4H3. The number of hydrogen-bond acceptors (Lipinski definition) is 8. The van der Waals surface area contributed by atoms with Crippen LogP contribution in [-0.2, 0) is 11.3 Å². The highest BCUT2D eigenvalue weighted by Gasteiger charge is 2.53. The van der Waals surface area contributed by atoms with Crippen LogP contribution in [0.15, 0.2) is 54.9 Å². The van der Waals surface area contributed by atoms with Crippen LogP contribution in [0.3, 0.4) is 0 Å². The van der Waals surface area contributed by atoms with Crippen molar-refractivity contribution in [1.29, 1.82) is 0 Å². The highest BCUT2D eigenvalue weighted by Crippen LogP contribution is 2.42. The summed E-state index contributed by atoms with van der Waals surface area (Å²) < 4.78 is 19.9. The van der Waals surface area contributed by atoms with Crippen molar-refractivity contribution >= 4 is 28.9 Å². The molecule has 11 heteroatoms. The molecule has 2 aromatic heterocycles. The predicted octanol–water partition coefficient (Wildman–Crippen LogP) is 6.06. The number of imidazole rings is 1. The average molecular weight is 631 g/mol. The summed E-state index contributed by atoms with van der Waals surface area (Å²) in [6.07, 6.45) is 3.31. The van der Waals surface area contributed by atoms with E-state index in [1.165, 1.54) is 6.33 Å². The van der Waals surface area contributed by atoms with Gasteiger partial charge in [-0.25, -0.2) is 14.8 Å². The Bertz CT molecular complexity index is 1720. The third kappa shape index (κ3) is 6.31. The van der Waals surface area contributed by atoms with Gasteiger partial charge in [0.15, 0.2) is 11.2 Å². The lowest BCUT2D eigenvalue weighted by Crippen LogP contribution is -2.73. The number of hydrogen-bond donors (Lipinski definition) is 0. The van der Waals surface area contributed by atoms with E-state index >= 15 is 0 Å². The van der Waals surface area contributed by atoms with E-state index in [2.05, 4.69) is 38.5 Å². The van der Waals surface area contributed by atoms with Crippen molar-refractivity contribution in [3.8, 4) is 23.0 Å². The topological polar surface area (TPSA) is 94.8 Å². The van der Waals surface area contributed by atoms with Crippen LogP contribution in [0, 0.1) is 5.41 Å². The molecule has 0 atom stereocenters. The summed E-state index contributed by atoms with van der Waals surface area (Å²) in [5.74, 6) is 1.90. The lowest BCUT2D eigenvalue weighted by molar-refractivity contribution is -0.114. The molecule has 0 radical (unpaired) electrons. The Labute approximate surface area is 268 Å². The van der Waals surface area contributed by atoms with Crippen LogP contribution < -0.4 is 9.47 Å². The molecule has 0 bridgehead atoms. The smallest absolute Gasteiger partial charge is 0.410 e. The molecule has 10 nitrogen and oxygen atoms in total. The Morgan fingerprint density at radius 1 is 1.02 bits per heavy atom. The van der Waals surface area contributed by atoms with E-state index in [-0.39, 0.29) is 17.1 Å². The van der Waals surface area contributed by atoms with Crippen LogP contribution in [0.25, 0.3) is 22.6 Å². The molecule has 3 aliphatic rings. The number of amides is 1. The van der Waals surface area contributed by atoms with Crippen LogP contribution in [0.5, 0.6) is 11.6 Å². The Morgan fingerprint density at radius 3 is 2.47 bits per heavy atom. The molecule has 2 aromatic carbocycles. The fourth-order valence-corrected chi connectivity index (χ4v) is 6.42. The first-order chi connectivity index (χ1) is 21.5. The van der Waals surface area contributed by atoms with Gasteiger partial charge in [-0.3, -0.25) is 4.90 Å². The zero-order valence-electron chi connectivity index (χ0n) is 26.3.